The molecule has 11 nitrogen and oxygen atoms in total. The van der Waals surface area contributed by atoms with Gasteiger partial charge in [-0.3, -0.25) is 19.5 Å². The van der Waals surface area contributed by atoms with Crippen LogP contribution in [0.15, 0.2) is 53.3 Å². The number of pyridine rings is 1. The summed E-state index contributed by atoms with van der Waals surface area (Å²) in [5, 5.41) is 20.3. The molecule has 0 bridgehead atoms. The number of halogens is 7. The molecule has 0 unspecified atom stereocenters. The molecule has 0 saturated carbocycles. The van der Waals surface area contributed by atoms with Crippen LogP contribution in [0.2, 0.25) is 0 Å². The summed E-state index contributed by atoms with van der Waals surface area (Å²) in [6, 6.07) is 11.3. The number of amides is 2. The predicted octanol–water partition coefficient (Wildman–Crippen LogP) is 3.26. The number of likely N-dealkylation sites (tertiary alicyclic amines) is 1. The SMILES string of the molecule is O=C(NCCN1CCC2(CC1)C(=O)NCN2Cc1cccnc1)c1ccc(Br)cc1.O=C(O)C(F)(F)F.O=C(O)C(F)(F)F. The molecule has 0 aliphatic carbocycles. The third kappa shape index (κ3) is 11.1. The number of hydrogen-bond donors (Lipinski definition) is 4. The first-order valence-corrected chi connectivity index (χ1v) is 13.5. The molecule has 2 aliphatic heterocycles. The van der Waals surface area contributed by atoms with Crippen molar-refractivity contribution in [1.29, 1.82) is 0 Å². The molecule has 2 aliphatic rings. The lowest BCUT2D eigenvalue weighted by molar-refractivity contribution is -0.193. The third-order valence-corrected chi connectivity index (χ3v) is 7.07. The Morgan fingerprint density at radius 3 is 2.00 bits per heavy atom. The Morgan fingerprint density at radius 2 is 1.52 bits per heavy atom. The van der Waals surface area contributed by atoms with E-state index < -0.39 is 29.8 Å². The molecule has 1 spiro atoms. The third-order valence-electron chi connectivity index (χ3n) is 6.54. The van der Waals surface area contributed by atoms with Crippen molar-refractivity contribution >= 4 is 39.7 Å². The molecule has 2 aromatic rings. The van der Waals surface area contributed by atoms with Crippen LogP contribution in [0.1, 0.15) is 28.8 Å². The number of aliphatic carboxylic acids is 2. The van der Waals surface area contributed by atoms with Crippen molar-refractivity contribution in [3.05, 3.63) is 64.4 Å². The van der Waals surface area contributed by atoms with Crippen molar-refractivity contribution < 1.29 is 55.7 Å². The number of aromatic nitrogens is 1. The molecule has 0 atom stereocenters. The number of hydrogen-bond acceptors (Lipinski definition) is 7. The van der Waals surface area contributed by atoms with Gasteiger partial charge in [-0.05, 0) is 48.7 Å². The minimum absolute atomic E-state index is 0.0613. The summed E-state index contributed by atoms with van der Waals surface area (Å²) < 4.78 is 64.4. The Morgan fingerprint density at radius 1 is 0.977 bits per heavy atom. The molecule has 1 aromatic heterocycles. The van der Waals surface area contributed by atoms with Crippen molar-refractivity contribution in [2.45, 2.75) is 37.3 Å². The first kappa shape index (κ1) is 36.4. The monoisotopic (exact) mass is 699 g/mol. The molecule has 4 N–H and O–H groups in total. The van der Waals surface area contributed by atoms with Crippen molar-refractivity contribution in [1.82, 2.24) is 25.4 Å². The number of benzene rings is 1. The zero-order valence-corrected chi connectivity index (χ0v) is 24.4. The maximum atomic E-state index is 12.7. The number of piperidine rings is 1. The van der Waals surface area contributed by atoms with Gasteiger partial charge in [0.1, 0.15) is 5.54 Å². The van der Waals surface area contributed by atoms with Crippen LogP contribution in [0.4, 0.5) is 26.3 Å². The molecule has 242 valence electrons. The van der Waals surface area contributed by atoms with Crippen LogP contribution in [0.3, 0.4) is 0 Å². The molecule has 3 heterocycles. The quantitative estimate of drug-likeness (QED) is 0.333. The Labute approximate surface area is 255 Å². The lowest BCUT2D eigenvalue weighted by Gasteiger charge is -2.42. The number of carboxylic acid groups (broad SMARTS) is 2. The Bertz CT molecular complexity index is 1250. The van der Waals surface area contributed by atoms with Gasteiger partial charge in [-0.25, -0.2) is 9.59 Å². The van der Waals surface area contributed by atoms with E-state index in [0.29, 0.717) is 18.8 Å². The minimum atomic E-state index is -5.08. The van der Waals surface area contributed by atoms with Crippen LogP contribution < -0.4 is 10.6 Å². The number of alkyl halides is 6. The summed E-state index contributed by atoms with van der Waals surface area (Å²) in [5.74, 6) is -5.44. The second kappa shape index (κ2) is 15.8. The molecule has 2 saturated heterocycles. The lowest BCUT2D eigenvalue weighted by atomic mass is 9.86. The fourth-order valence-corrected chi connectivity index (χ4v) is 4.53. The molecule has 0 radical (unpaired) electrons. The van der Waals surface area contributed by atoms with E-state index in [2.05, 4.69) is 41.3 Å². The summed E-state index contributed by atoms with van der Waals surface area (Å²) in [6.07, 6.45) is -4.96. The summed E-state index contributed by atoms with van der Waals surface area (Å²) in [4.78, 5) is 51.5. The summed E-state index contributed by atoms with van der Waals surface area (Å²) in [7, 11) is 0. The minimum Gasteiger partial charge on any atom is -0.475 e. The van der Waals surface area contributed by atoms with Crippen LogP contribution in [0.5, 0.6) is 0 Å². The highest BCUT2D eigenvalue weighted by Gasteiger charge is 2.49. The lowest BCUT2D eigenvalue weighted by Crippen LogP contribution is -2.56. The highest BCUT2D eigenvalue weighted by atomic mass is 79.9. The number of carbonyl (C=O) groups excluding carboxylic acids is 2. The van der Waals surface area contributed by atoms with Crippen LogP contribution in [-0.4, -0.2) is 99.5 Å². The van der Waals surface area contributed by atoms with E-state index in [1.54, 1.807) is 18.3 Å². The maximum absolute atomic E-state index is 12.7. The molecule has 4 rings (SSSR count). The van der Waals surface area contributed by atoms with E-state index in [0.717, 1.165) is 49.1 Å². The highest BCUT2D eigenvalue weighted by Crippen LogP contribution is 2.33. The highest BCUT2D eigenvalue weighted by molar-refractivity contribution is 9.10. The van der Waals surface area contributed by atoms with Gasteiger partial charge in [0.2, 0.25) is 5.91 Å². The van der Waals surface area contributed by atoms with E-state index in [-0.39, 0.29) is 11.8 Å². The summed E-state index contributed by atoms with van der Waals surface area (Å²) in [5.41, 5.74) is 1.34. The second-order valence-corrected chi connectivity index (χ2v) is 10.4. The van der Waals surface area contributed by atoms with Crippen LogP contribution >= 0.6 is 15.9 Å². The molecule has 2 amide bonds. The standard InChI is InChI=1S/C22H26BrN5O2.2C2HF3O2/c23-19-5-3-18(4-6-19)20(29)25-10-13-27-11-7-22(8-12-27)21(30)26-16-28(22)15-17-2-1-9-24-14-17;2*3-2(4,5)1(6)7/h1-6,9,14H,7-8,10-13,15-16H2,(H,25,29)(H,26,30);2*(H,6,7). The van der Waals surface area contributed by atoms with Crippen LogP contribution in [0, 0.1) is 0 Å². The smallest absolute Gasteiger partial charge is 0.475 e. The molecule has 18 heteroatoms. The zero-order valence-electron chi connectivity index (χ0n) is 22.8. The predicted molar refractivity (Wildman–Crippen MR) is 145 cm³/mol. The van der Waals surface area contributed by atoms with Gasteiger partial charge in [0.15, 0.2) is 0 Å². The second-order valence-electron chi connectivity index (χ2n) is 9.47. The molecule has 1 aromatic carbocycles. The first-order chi connectivity index (χ1) is 20.5. The van der Waals surface area contributed by atoms with Crippen molar-refractivity contribution in [2.75, 3.05) is 32.8 Å². The van der Waals surface area contributed by atoms with Gasteiger partial charge in [-0.2, -0.15) is 26.3 Å². The topological polar surface area (TPSA) is 152 Å². The van der Waals surface area contributed by atoms with Crippen molar-refractivity contribution in [2.24, 2.45) is 0 Å². The summed E-state index contributed by atoms with van der Waals surface area (Å²) >= 11 is 3.38. The largest absolute Gasteiger partial charge is 0.490 e. The van der Waals surface area contributed by atoms with Gasteiger partial charge < -0.3 is 25.7 Å². The molecular formula is C26H28BrF6N5O6. The number of rotatable bonds is 6. The van der Waals surface area contributed by atoms with E-state index in [4.69, 9.17) is 19.8 Å². The molecule has 44 heavy (non-hydrogen) atoms. The first-order valence-electron chi connectivity index (χ1n) is 12.7. The van der Waals surface area contributed by atoms with Gasteiger partial charge >= 0.3 is 24.3 Å². The zero-order chi connectivity index (χ0) is 33.1. The molecular weight excluding hydrogens is 672 g/mol. The summed E-state index contributed by atoms with van der Waals surface area (Å²) in [6.45, 7) is 4.35. The van der Waals surface area contributed by atoms with Gasteiger partial charge in [-0.15, -0.1) is 0 Å². The Hall–Kier alpha value is -3.77. The normalized spacial score (nSPS) is 16.6. The van der Waals surface area contributed by atoms with Gasteiger partial charge in [-0.1, -0.05) is 22.0 Å². The number of carbonyl (C=O) groups is 4. The maximum Gasteiger partial charge on any atom is 0.490 e. The van der Waals surface area contributed by atoms with E-state index in [1.807, 2.05) is 30.5 Å². The number of carboxylic acids is 2. The number of nitrogens with one attached hydrogen (secondary N) is 2. The average Bonchev–Trinajstić information content (AvgIpc) is 3.24. The van der Waals surface area contributed by atoms with E-state index >= 15 is 0 Å². The average molecular weight is 700 g/mol. The van der Waals surface area contributed by atoms with E-state index in [1.165, 1.54) is 0 Å². The van der Waals surface area contributed by atoms with Gasteiger partial charge in [0.05, 0.1) is 6.67 Å². The van der Waals surface area contributed by atoms with Gasteiger partial charge in [0, 0.05) is 55.2 Å². The van der Waals surface area contributed by atoms with Crippen LogP contribution in [0.25, 0.3) is 0 Å². The number of nitrogens with zero attached hydrogens (tertiary/aromatic N) is 3. The Kier molecular flexibility index (Phi) is 13.1. The Balaban J connectivity index is 0.000000402. The van der Waals surface area contributed by atoms with Gasteiger partial charge in [0.25, 0.3) is 5.91 Å². The molecule has 2 fully saturated rings. The van der Waals surface area contributed by atoms with E-state index in [9.17, 15) is 35.9 Å². The van der Waals surface area contributed by atoms with Crippen molar-refractivity contribution in [3.63, 3.8) is 0 Å². The van der Waals surface area contributed by atoms with Crippen LogP contribution in [-0.2, 0) is 20.9 Å². The fraction of sp³-hybridized carbons (Fsp3) is 0.423. The fourth-order valence-electron chi connectivity index (χ4n) is 4.27. The van der Waals surface area contributed by atoms with Crippen molar-refractivity contribution in [3.8, 4) is 0 Å².